The lowest BCUT2D eigenvalue weighted by Crippen LogP contribution is -2.08. The van der Waals surface area contributed by atoms with E-state index in [-0.39, 0.29) is 28.2 Å². The SMILES string of the molecule is CCOC(=O)c1ccc(-n2ccc(OCC3C(C)(C)C3(C)C)n2)nc1Cl. The number of hydrogen-bond acceptors (Lipinski definition) is 5. The molecule has 0 aromatic carbocycles. The molecule has 1 aliphatic rings. The van der Waals surface area contributed by atoms with Gasteiger partial charge in [0.15, 0.2) is 5.82 Å². The monoisotopic (exact) mass is 377 g/mol. The third-order valence-corrected chi connectivity index (χ3v) is 6.13. The van der Waals surface area contributed by atoms with Crippen molar-refractivity contribution in [2.24, 2.45) is 16.7 Å². The van der Waals surface area contributed by atoms with Gasteiger partial charge in [-0.3, -0.25) is 0 Å². The van der Waals surface area contributed by atoms with Crippen LogP contribution in [0.4, 0.5) is 0 Å². The highest BCUT2D eigenvalue weighted by atomic mass is 35.5. The number of nitrogens with zero attached hydrogens (tertiary/aromatic N) is 3. The predicted octanol–water partition coefficient (Wildman–Crippen LogP) is 4.16. The Balaban J connectivity index is 1.68. The number of aromatic nitrogens is 3. The van der Waals surface area contributed by atoms with Gasteiger partial charge in [0, 0.05) is 18.2 Å². The van der Waals surface area contributed by atoms with E-state index in [0.29, 0.717) is 24.2 Å². The van der Waals surface area contributed by atoms with E-state index in [9.17, 15) is 4.79 Å². The second-order valence-electron chi connectivity index (χ2n) is 7.63. The second kappa shape index (κ2) is 6.58. The Labute approximate surface area is 158 Å². The van der Waals surface area contributed by atoms with Crippen LogP contribution >= 0.6 is 11.6 Å². The second-order valence-corrected chi connectivity index (χ2v) is 7.99. The summed E-state index contributed by atoms with van der Waals surface area (Å²) in [4.78, 5) is 16.0. The summed E-state index contributed by atoms with van der Waals surface area (Å²) in [5, 5.41) is 4.47. The zero-order chi connectivity index (χ0) is 19.1. The molecule has 7 heteroatoms. The lowest BCUT2D eigenvalue weighted by atomic mass is 10.0. The van der Waals surface area contributed by atoms with E-state index >= 15 is 0 Å². The molecule has 140 valence electrons. The van der Waals surface area contributed by atoms with E-state index in [4.69, 9.17) is 21.1 Å². The Bertz CT molecular complexity index is 815. The molecule has 0 radical (unpaired) electrons. The van der Waals surface area contributed by atoms with E-state index in [1.54, 1.807) is 36.0 Å². The Kier molecular flexibility index (Phi) is 4.73. The van der Waals surface area contributed by atoms with Crippen molar-refractivity contribution in [2.45, 2.75) is 34.6 Å². The number of esters is 1. The van der Waals surface area contributed by atoms with Crippen LogP contribution in [0.2, 0.25) is 5.15 Å². The summed E-state index contributed by atoms with van der Waals surface area (Å²) in [7, 11) is 0. The summed E-state index contributed by atoms with van der Waals surface area (Å²) < 4.78 is 12.4. The number of carbonyl (C=O) groups is 1. The van der Waals surface area contributed by atoms with Crippen molar-refractivity contribution in [3.05, 3.63) is 35.1 Å². The van der Waals surface area contributed by atoms with Gasteiger partial charge >= 0.3 is 5.97 Å². The molecule has 0 atom stereocenters. The quantitative estimate of drug-likeness (QED) is 0.558. The number of hydrogen-bond donors (Lipinski definition) is 0. The summed E-state index contributed by atoms with van der Waals surface area (Å²) in [6, 6.07) is 5.04. The van der Waals surface area contributed by atoms with Crippen molar-refractivity contribution in [1.29, 1.82) is 0 Å². The summed E-state index contributed by atoms with van der Waals surface area (Å²) in [5.41, 5.74) is 0.778. The Morgan fingerprint density at radius 2 is 1.92 bits per heavy atom. The van der Waals surface area contributed by atoms with Gasteiger partial charge in [-0.05, 0) is 29.9 Å². The topological polar surface area (TPSA) is 66.2 Å². The maximum Gasteiger partial charge on any atom is 0.341 e. The molecule has 1 saturated carbocycles. The van der Waals surface area contributed by atoms with Crippen LogP contribution in [0.25, 0.3) is 5.82 Å². The highest BCUT2D eigenvalue weighted by Gasteiger charge is 2.64. The van der Waals surface area contributed by atoms with Crippen LogP contribution in [-0.4, -0.2) is 33.9 Å². The van der Waals surface area contributed by atoms with Gasteiger partial charge in [0.05, 0.1) is 18.8 Å². The van der Waals surface area contributed by atoms with Crippen molar-refractivity contribution in [3.8, 4) is 11.7 Å². The molecule has 1 fully saturated rings. The van der Waals surface area contributed by atoms with Crippen LogP contribution in [0.15, 0.2) is 24.4 Å². The van der Waals surface area contributed by atoms with Gasteiger partial charge in [-0.1, -0.05) is 39.3 Å². The molecule has 0 amide bonds. The van der Waals surface area contributed by atoms with E-state index < -0.39 is 5.97 Å². The number of ether oxygens (including phenoxy) is 2. The Morgan fingerprint density at radius 3 is 2.50 bits per heavy atom. The molecular weight excluding hydrogens is 354 g/mol. The summed E-state index contributed by atoms with van der Waals surface area (Å²) in [6.45, 7) is 11.7. The highest BCUT2D eigenvalue weighted by Crippen LogP contribution is 2.68. The van der Waals surface area contributed by atoms with Crippen LogP contribution in [0.5, 0.6) is 5.88 Å². The first-order valence-electron chi connectivity index (χ1n) is 8.71. The van der Waals surface area contributed by atoms with Crippen LogP contribution in [0, 0.1) is 16.7 Å². The fraction of sp³-hybridized carbons (Fsp3) is 0.526. The molecule has 0 bridgehead atoms. The zero-order valence-electron chi connectivity index (χ0n) is 15.7. The van der Waals surface area contributed by atoms with Gasteiger partial charge in [0.1, 0.15) is 5.15 Å². The average Bonchev–Trinajstić information content (AvgIpc) is 2.92. The van der Waals surface area contributed by atoms with Gasteiger partial charge in [0.2, 0.25) is 5.88 Å². The largest absolute Gasteiger partial charge is 0.476 e. The first-order chi connectivity index (χ1) is 12.2. The van der Waals surface area contributed by atoms with E-state index in [1.807, 2.05) is 0 Å². The van der Waals surface area contributed by atoms with Gasteiger partial charge < -0.3 is 9.47 Å². The maximum absolute atomic E-state index is 11.8. The van der Waals surface area contributed by atoms with Crippen molar-refractivity contribution in [1.82, 2.24) is 14.8 Å². The molecule has 0 N–H and O–H groups in total. The minimum Gasteiger partial charge on any atom is -0.476 e. The van der Waals surface area contributed by atoms with Crippen molar-refractivity contribution in [3.63, 3.8) is 0 Å². The maximum atomic E-state index is 11.8. The predicted molar refractivity (Wildman–Crippen MR) is 98.9 cm³/mol. The third kappa shape index (κ3) is 3.18. The molecule has 0 spiro atoms. The average molecular weight is 378 g/mol. The van der Waals surface area contributed by atoms with Gasteiger partial charge in [-0.2, -0.15) is 0 Å². The lowest BCUT2D eigenvalue weighted by Gasteiger charge is -2.06. The Hall–Kier alpha value is -2.08. The lowest BCUT2D eigenvalue weighted by molar-refractivity contribution is 0.0526. The molecule has 1 aliphatic carbocycles. The molecule has 6 nitrogen and oxygen atoms in total. The molecule has 2 aromatic rings. The Morgan fingerprint density at radius 1 is 1.23 bits per heavy atom. The smallest absolute Gasteiger partial charge is 0.341 e. The first-order valence-corrected chi connectivity index (χ1v) is 9.08. The molecule has 2 heterocycles. The van der Waals surface area contributed by atoms with E-state index in [2.05, 4.69) is 37.8 Å². The highest BCUT2D eigenvalue weighted by molar-refractivity contribution is 6.32. The van der Waals surface area contributed by atoms with Crippen LogP contribution in [-0.2, 0) is 4.74 Å². The van der Waals surface area contributed by atoms with E-state index in [1.165, 1.54) is 0 Å². The molecule has 2 aromatic heterocycles. The number of rotatable bonds is 6. The van der Waals surface area contributed by atoms with Crippen LogP contribution in [0.1, 0.15) is 45.0 Å². The summed E-state index contributed by atoms with van der Waals surface area (Å²) in [6.07, 6.45) is 1.75. The number of halogens is 1. The number of pyridine rings is 1. The first kappa shape index (κ1) is 18.7. The van der Waals surface area contributed by atoms with Crippen molar-refractivity contribution in [2.75, 3.05) is 13.2 Å². The minimum atomic E-state index is -0.490. The zero-order valence-corrected chi connectivity index (χ0v) is 16.5. The van der Waals surface area contributed by atoms with Gasteiger partial charge in [-0.25, -0.2) is 14.5 Å². The normalized spacial score (nSPS) is 17.8. The van der Waals surface area contributed by atoms with Crippen molar-refractivity contribution < 1.29 is 14.3 Å². The molecule has 0 saturated heterocycles. The van der Waals surface area contributed by atoms with Crippen molar-refractivity contribution >= 4 is 17.6 Å². The fourth-order valence-corrected chi connectivity index (χ4v) is 3.57. The summed E-state index contributed by atoms with van der Waals surface area (Å²) >= 11 is 6.11. The fourth-order valence-electron chi connectivity index (χ4n) is 3.34. The molecule has 0 unspecified atom stereocenters. The number of carbonyl (C=O) groups excluding carboxylic acids is 1. The molecule has 3 rings (SSSR count). The molecule has 26 heavy (non-hydrogen) atoms. The third-order valence-electron chi connectivity index (χ3n) is 5.85. The molecule has 0 aliphatic heterocycles. The minimum absolute atomic E-state index is 0.0837. The van der Waals surface area contributed by atoms with Gasteiger partial charge in [-0.15, -0.1) is 5.10 Å². The standard InChI is InChI=1S/C19H24ClN3O3/c1-6-25-17(24)12-7-8-14(21-16(12)20)23-10-9-15(22-23)26-11-13-18(2,3)19(13,4)5/h7-10,13H,6,11H2,1-5H3. The van der Waals surface area contributed by atoms with Crippen LogP contribution in [0.3, 0.4) is 0 Å². The van der Waals surface area contributed by atoms with Gasteiger partial charge in [0.25, 0.3) is 0 Å². The van der Waals surface area contributed by atoms with Crippen LogP contribution < -0.4 is 4.74 Å². The molecular formula is C19H24ClN3O3. The van der Waals surface area contributed by atoms with E-state index in [0.717, 1.165) is 0 Å². The summed E-state index contributed by atoms with van der Waals surface area (Å²) in [5.74, 6) is 1.05.